The number of hydrogen-bond acceptors (Lipinski definition) is 6. The van der Waals surface area contributed by atoms with Crippen molar-refractivity contribution in [2.75, 3.05) is 12.4 Å². The van der Waals surface area contributed by atoms with Crippen LogP contribution in [0.2, 0.25) is 0 Å². The quantitative estimate of drug-likeness (QED) is 0.730. The molecule has 1 N–H and O–H groups in total. The van der Waals surface area contributed by atoms with E-state index in [9.17, 15) is 18.8 Å². The van der Waals surface area contributed by atoms with Crippen LogP contribution < -0.4 is 21.3 Å². The SMILES string of the molecule is COc1ccc(-c2csc(NC(=O)c3cc(=O)n(C)c(=O)n3C)n2)cc1F. The van der Waals surface area contributed by atoms with Crippen LogP contribution >= 0.6 is 11.3 Å². The highest BCUT2D eigenvalue weighted by Crippen LogP contribution is 2.28. The Morgan fingerprint density at radius 3 is 2.63 bits per heavy atom. The lowest BCUT2D eigenvalue weighted by Crippen LogP contribution is -2.40. The first-order valence-corrected chi connectivity index (χ1v) is 8.57. The molecule has 140 valence electrons. The number of thiazole rings is 1. The van der Waals surface area contributed by atoms with E-state index in [1.54, 1.807) is 11.4 Å². The molecule has 0 atom stereocenters. The molecule has 0 unspecified atom stereocenters. The number of nitrogens with one attached hydrogen (secondary N) is 1. The summed E-state index contributed by atoms with van der Waals surface area (Å²) in [6.07, 6.45) is 0. The highest BCUT2D eigenvalue weighted by molar-refractivity contribution is 7.14. The molecule has 2 aromatic heterocycles. The fourth-order valence-corrected chi connectivity index (χ4v) is 3.12. The highest BCUT2D eigenvalue weighted by Gasteiger charge is 2.16. The van der Waals surface area contributed by atoms with Gasteiger partial charge in [-0.05, 0) is 18.2 Å². The number of nitrogens with zero attached hydrogens (tertiary/aromatic N) is 3. The second-order valence-corrected chi connectivity index (χ2v) is 6.47. The van der Waals surface area contributed by atoms with E-state index in [0.29, 0.717) is 11.3 Å². The van der Waals surface area contributed by atoms with Gasteiger partial charge in [-0.1, -0.05) is 0 Å². The number of anilines is 1. The molecule has 0 spiro atoms. The molecule has 3 rings (SSSR count). The lowest BCUT2D eigenvalue weighted by molar-refractivity contribution is 0.101. The van der Waals surface area contributed by atoms with E-state index in [2.05, 4.69) is 10.3 Å². The summed E-state index contributed by atoms with van der Waals surface area (Å²) >= 11 is 1.13. The molecule has 10 heteroatoms. The predicted molar refractivity (Wildman–Crippen MR) is 98.9 cm³/mol. The Morgan fingerprint density at radius 1 is 1.22 bits per heavy atom. The molecular weight excluding hydrogens is 375 g/mol. The smallest absolute Gasteiger partial charge is 0.331 e. The summed E-state index contributed by atoms with van der Waals surface area (Å²) in [5.41, 5.74) is -0.297. The van der Waals surface area contributed by atoms with Gasteiger partial charge in [-0.25, -0.2) is 14.2 Å². The normalized spacial score (nSPS) is 10.7. The fourth-order valence-electron chi connectivity index (χ4n) is 2.40. The van der Waals surface area contributed by atoms with Crippen LogP contribution in [0.4, 0.5) is 9.52 Å². The van der Waals surface area contributed by atoms with Crippen molar-refractivity contribution in [1.29, 1.82) is 0 Å². The minimum absolute atomic E-state index is 0.0876. The molecule has 0 saturated carbocycles. The molecule has 8 nitrogen and oxygen atoms in total. The van der Waals surface area contributed by atoms with Crippen molar-refractivity contribution in [3.63, 3.8) is 0 Å². The van der Waals surface area contributed by atoms with Crippen LogP contribution in [0.25, 0.3) is 11.3 Å². The second-order valence-electron chi connectivity index (χ2n) is 5.61. The Kier molecular flexibility index (Phi) is 4.91. The van der Waals surface area contributed by atoms with E-state index in [-0.39, 0.29) is 16.6 Å². The lowest BCUT2D eigenvalue weighted by Gasteiger charge is -2.08. The van der Waals surface area contributed by atoms with Crippen LogP contribution in [-0.4, -0.2) is 27.1 Å². The third-order valence-corrected chi connectivity index (χ3v) is 4.69. The average molecular weight is 390 g/mol. The summed E-state index contributed by atoms with van der Waals surface area (Å²) in [6, 6.07) is 5.49. The van der Waals surface area contributed by atoms with Crippen LogP contribution in [-0.2, 0) is 14.1 Å². The standard InChI is InChI=1S/C17H15FN4O4S/c1-21-12(7-14(23)22(2)17(21)25)15(24)20-16-19-11(8-27-16)9-4-5-13(26-3)10(18)6-9/h4-8H,1-3H3,(H,19,20,24). The number of methoxy groups -OCH3 is 1. The summed E-state index contributed by atoms with van der Waals surface area (Å²) in [5.74, 6) is -1.05. The summed E-state index contributed by atoms with van der Waals surface area (Å²) in [5, 5.41) is 4.44. The molecular formula is C17H15FN4O4S. The summed E-state index contributed by atoms with van der Waals surface area (Å²) < 4.78 is 20.7. The first-order chi connectivity index (χ1) is 12.8. The van der Waals surface area contributed by atoms with Gasteiger partial charge in [-0.15, -0.1) is 11.3 Å². The van der Waals surface area contributed by atoms with Crippen molar-refractivity contribution >= 4 is 22.4 Å². The van der Waals surface area contributed by atoms with E-state index in [4.69, 9.17) is 4.74 Å². The third kappa shape index (κ3) is 3.51. The number of ether oxygens (including phenoxy) is 1. The average Bonchev–Trinajstić information content (AvgIpc) is 3.11. The zero-order valence-electron chi connectivity index (χ0n) is 14.6. The maximum absolute atomic E-state index is 13.8. The molecule has 0 aliphatic heterocycles. The Balaban J connectivity index is 1.86. The number of rotatable bonds is 4. The van der Waals surface area contributed by atoms with Gasteiger partial charge in [-0.3, -0.25) is 24.0 Å². The van der Waals surface area contributed by atoms with E-state index >= 15 is 0 Å². The number of carbonyl (C=O) groups excluding carboxylic acids is 1. The van der Waals surface area contributed by atoms with Gasteiger partial charge in [0.05, 0.1) is 12.8 Å². The van der Waals surface area contributed by atoms with Gasteiger partial charge >= 0.3 is 5.69 Å². The van der Waals surface area contributed by atoms with Crippen LogP contribution in [0, 0.1) is 5.82 Å². The molecule has 2 heterocycles. The first-order valence-electron chi connectivity index (χ1n) is 7.69. The minimum atomic E-state index is -0.644. The van der Waals surface area contributed by atoms with E-state index in [1.807, 2.05) is 0 Å². The number of aromatic nitrogens is 3. The summed E-state index contributed by atoms with van der Waals surface area (Å²) in [7, 11) is 4.09. The summed E-state index contributed by atoms with van der Waals surface area (Å²) in [6.45, 7) is 0. The van der Waals surface area contributed by atoms with Gasteiger partial charge in [0.15, 0.2) is 16.7 Å². The van der Waals surface area contributed by atoms with Crippen LogP contribution in [0.3, 0.4) is 0 Å². The predicted octanol–water partition coefficient (Wildman–Crippen LogP) is 1.61. The van der Waals surface area contributed by atoms with Crippen LogP contribution in [0.1, 0.15) is 10.5 Å². The number of hydrogen-bond donors (Lipinski definition) is 1. The minimum Gasteiger partial charge on any atom is -0.494 e. The molecule has 0 saturated heterocycles. The molecule has 27 heavy (non-hydrogen) atoms. The molecule has 1 amide bonds. The van der Waals surface area contributed by atoms with Crippen molar-refractivity contribution in [3.05, 3.63) is 62.0 Å². The number of amides is 1. The van der Waals surface area contributed by atoms with Crippen molar-refractivity contribution in [1.82, 2.24) is 14.1 Å². The van der Waals surface area contributed by atoms with Gasteiger partial charge in [0, 0.05) is 31.1 Å². The van der Waals surface area contributed by atoms with Crippen molar-refractivity contribution in [2.45, 2.75) is 0 Å². The third-order valence-electron chi connectivity index (χ3n) is 3.93. The number of halogens is 1. The Hall–Kier alpha value is -3.27. The number of benzene rings is 1. The fraction of sp³-hybridized carbons (Fsp3) is 0.176. The largest absolute Gasteiger partial charge is 0.494 e. The van der Waals surface area contributed by atoms with Crippen molar-refractivity contribution < 1.29 is 13.9 Å². The monoisotopic (exact) mass is 390 g/mol. The van der Waals surface area contributed by atoms with E-state index in [1.165, 1.54) is 33.3 Å². The maximum Gasteiger partial charge on any atom is 0.331 e. The molecule has 0 fully saturated rings. The van der Waals surface area contributed by atoms with Crippen LogP contribution in [0.5, 0.6) is 5.75 Å². The van der Waals surface area contributed by atoms with Gasteiger partial charge in [0.2, 0.25) is 0 Å². The maximum atomic E-state index is 13.8. The van der Waals surface area contributed by atoms with E-state index in [0.717, 1.165) is 26.5 Å². The Bertz CT molecular complexity index is 1150. The topological polar surface area (TPSA) is 95.2 Å². The summed E-state index contributed by atoms with van der Waals surface area (Å²) in [4.78, 5) is 40.3. The Labute approximate surface area is 156 Å². The molecule has 1 aromatic carbocycles. The molecule has 0 bridgehead atoms. The van der Waals surface area contributed by atoms with Crippen molar-refractivity contribution in [3.8, 4) is 17.0 Å². The van der Waals surface area contributed by atoms with Crippen molar-refractivity contribution in [2.24, 2.45) is 14.1 Å². The molecule has 0 aliphatic carbocycles. The second kappa shape index (κ2) is 7.16. The molecule has 3 aromatic rings. The zero-order valence-corrected chi connectivity index (χ0v) is 15.5. The molecule has 0 aliphatic rings. The van der Waals surface area contributed by atoms with Gasteiger partial charge in [0.25, 0.3) is 11.5 Å². The number of carbonyl (C=O) groups is 1. The lowest BCUT2D eigenvalue weighted by atomic mass is 10.1. The van der Waals surface area contributed by atoms with E-state index < -0.39 is 23.0 Å². The molecule has 0 radical (unpaired) electrons. The zero-order chi connectivity index (χ0) is 19.7. The van der Waals surface area contributed by atoms with Gasteiger partial charge in [-0.2, -0.15) is 0 Å². The highest BCUT2D eigenvalue weighted by atomic mass is 32.1. The first kappa shape index (κ1) is 18.5. The van der Waals surface area contributed by atoms with Gasteiger partial charge in [0.1, 0.15) is 5.69 Å². The van der Waals surface area contributed by atoms with Crippen LogP contribution in [0.15, 0.2) is 39.2 Å². The Morgan fingerprint density at radius 2 is 1.96 bits per heavy atom. The van der Waals surface area contributed by atoms with Gasteiger partial charge < -0.3 is 4.74 Å².